The Morgan fingerprint density at radius 3 is 2.42 bits per heavy atom. The summed E-state index contributed by atoms with van der Waals surface area (Å²) in [5, 5.41) is 3.08. The van der Waals surface area contributed by atoms with Gasteiger partial charge in [-0.15, -0.1) is 12.4 Å². The fraction of sp³-hybridized carbons (Fsp3) is 0.364. The van der Waals surface area contributed by atoms with Crippen LogP contribution in [0.1, 0.15) is 16.8 Å². The van der Waals surface area contributed by atoms with Gasteiger partial charge in [0.1, 0.15) is 0 Å². The number of carbonyl (C=O) groups excluding carboxylic acids is 1. The molecular weight excluding hydrogens is 290 g/mol. The highest BCUT2D eigenvalue weighted by Gasteiger charge is 2.22. The molecule has 0 aromatic heterocycles. The van der Waals surface area contributed by atoms with Gasteiger partial charge in [-0.3, -0.25) is 4.79 Å². The van der Waals surface area contributed by atoms with E-state index in [0.717, 1.165) is 13.0 Å². The molecule has 1 aromatic carbocycles. The molecule has 0 spiro atoms. The topological polar surface area (TPSA) is 101 Å². The summed E-state index contributed by atoms with van der Waals surface area (Å²) in [4.78, 5) is 11.0. The van der Waals surface area contributed by atoms with Crippen molar-refractivity contribution in [3.8, 4) is 0 Å². The molecule has 1 atom stereocenters. The maximum absolute atomic E-state index is 12.0. The Morgan fingerprint density at radius 1 is 1.32 bits per heavy atom. The fourth-order valence-corrected chi connectivity index (χ4v) is 3.11. The molecule has 1 aromatic rings. The third-order valence-corrected chi connectivity index (χ3v) is 4.37. The van der Waals surface area contributed by atoms with Crippen molar-refractivity contribution in [2.45, 2.75) is 17.4 Å². The molecule has 1 saturated heterocycles. The van der Waals surface area contributed by atoms with Crippen LogP contribution in [0.25, 0.3) is 0 Å². The van der Waals surface area contributed by atoms with Crippen molar-refractivity contribution < 1.29 is 13.2 Å². The van der Waals surface area contributed by atoms with Crippen LogP contribution in [0.4, 0.5) is 0 Å². The first kappa shape index (κ1) is 15.9. The van der Waals surface area contributed by atoms with E-state index in [2.05, 4.69) is 10.0 Å². The number of nitrogens with one attached hydrogen (secondary N) is 2. The Balaban J connectivity index is 0.00000180. The average molecular weight is 306 g/mol. The zero-order chi connectivity index (χ0) is 13.2. The summed E-state index contributed by atoms with van der Waals surface area (Å²) >= 11 is 0. The minimum atomic E-state index is -3.53. The lowest BCUT2D eigenvalue weighted by molar-refractivity contribution is 0.1000. The molecule has 0 radical (unpaired) electrons. The number of nitrogens with two attached hydrogens (primary N) is 1. The quantitative estimate of drug-likeness (QED) is 0.720. The second-order valence-electron chi connectivity index (χ2n) is 4.20. The molecule has 1 fully saturated rings. The average Bonchev–Trinajstić information content (AvgIpc) is 2.81. The summed E-state index contributed by atoms with van der Waals surface area (Å²) in [6.07, 6.45) is 0.776. The van der Waals surface area contributed by atoms with Crippen molar-refractivity contribution in [2.75, 3.05) is 13.1 Å². The van der Waals surface area contributed by atoms with Crippen molar-refractivity contribution in [1.82, 2.24) is 10.0 Å². The van der Waals surface area contributed by atoms with Gasteiger partial charge in [-0.05, 0) is 37.2 Å². The molecular formula is C11H16ClN3O3S. The first-order valence-corrected chi connectivity index (χ1v) is 7.10. The van der Waals surface area contributed by atoms with Crippen molar-refractivity contribution in [3.05, 3.63) is 29.8 Å². The van der Waals surface area contributed by atoms with Gasteiger partial charge in [0.25, 0.3) is 0 Å². The van der Waals surface area contributed by atoms with E-state index in [0.29, 0.717) is 6.54 Å². The molecule has 1 heterocycles. The first-order valence-electron chi connectivity index (χ1n) is 5.62. The van der Waals surface area contributed by atoms with E-state index >= 15 is 0 Å². The van der Waals surface area contributed by atoms with Gasteiger partial charge < -0.3 is 11.1 Å². The van der Waals surface area contributed by atoms with E-state index in [1.165, 1.54) is 24.3 Å². The van der Waals surface area contributed by atoms with Gasteiger partial charge in [0.05, 0.1) is 4.90 Å². The highest BCUT2D eigenvalue weighted by Crippen LogP contribution is 2.12. The van der Waals surface area contributed by atoms with Gasteiger partial charge in [0.2, 0.25) is 15.9 Å². The molecule has 1 aliphatic heterocycles. The zero-order valence-corrected chi connectivity index (χ0v) is 11.8. The van der Waals surface area contributed by atoms with Crippen LogP contribution in [0.2, 0.25) is 0 Å². The SMILES string of the molecule is Cl.NC(=O)c1ccc(S(=O)(=O)NC2CCNC2)cc1. The standard InChI is InChI=1S/C11H15N3O3S.ClH/c12-11(15)8-1-3-10(4-2-8)18(16,17)14-9-5-6-13-7-9;/h1-4,9,13-14H,5-7H2,(H2,12,15);1H. The molecule has 8 heteroatoms. The Bertz CT molecular complexity index is 539. The van der Waals surface area contributed by atoms with Crippen molar-refractivity contribution in [1.29, 1.82) is 0 Å². The predicted molar refractivity (Wildman–Crippen MR) is 73.8 cm³/mol. The predicted octanol–water partition coefficient (Wildman–Crippen LogP) is -0.153. The van der Waals surface area contributed by atoms with Gasteiger partial charge in [0.15, 0.2) is 0 Å². The molecule has 0 saturated carbocycles. The third kappa shape index (κ3) is 3.90. The third-order valence-electron chi connectivity index (χ3n) is 2.83. The Kier molecular flexibility index (Phi) is 5.30. The lowest BCUT2D eigenvalue weighted by Crippen LogP contribution is -2.36. The summed E-state index contributed by atoms with van der Waals surface area (Å²) < 4.78 is 26.6. The number of primary amides is 1. The van der Waals surface area contributed by atoms with E-state index < -0.39 is 15.9 Å². The van der Waals surface area contributed by atoms with Crippen LogP contribution in [0, 0.1) is 0 Å². The summed E-state index contributed by atoms with van der Waals surface area (Å²) in [5.41, 5.74) is 5.38. The number of rotatable bonds is 4. The monoisotopic (exact) mass is 305 g/mol. The molecule has 0 bridgehead atoms. The maximum atomic E-state index is 12.0. The van der Waals surface area contributed by atoms with Gasteiger partial charge >= 0.3 is 0 Å². The Hall–Kier alpha value is -1.15. The van der Waals surface area contributed by atoms with Gasteiger partial charge in [-0.1, -0.05) is 0 Å². The Labute approximate surface area is 118 Å². The molecule has 2 rings (SSSR count). The number of amides is 1. The number of halogens is 1. The summed E-state index contributed by atoms with van der Waals surface area (Å²) in [5.74, 6) is -0.577. The van der Waals surface area contributed by atoms with Crippen LogP contribution in [0.15, 0.2) is 29.2 Å². The van der Waals surface area contributed by atoms with E-state index in [4.69, 9.17) is 5.73 Å². The zero-order valence-electron chi connectivity index (χ0n) is 10.1. The minimum absolute atomic E-state index is 0. The van der Waals surface area contributed by atoms with Crippen molar-refractivity contribution >= 4 is 28.3 Å². The molecule has 106 valence electrons. The first-order chi connectivity index (χ1) is 8.49. The molecule has 1 amide bonds. The lowest BCUT2D eigenvalue weighted by Gasteiger charge is -2.12. The molecule has 6 nitrogen and oxygen atoms in total. The van der Waals surface area contributed by atoms with Crippen LogP contribution in [-0.2, 0) is 10.0 Å². The highest BCUT2D eigenvalue weighted by molar-refractivity contribution is 7.89. The fourth-order valence-electron chi connectivity index (χ4n) is 1.84. The van der Waals surface area contributed by atoms with E-state index in [1.807, 2.05) is 0 Å². The van der Waals surface area contributed by atoms with Crippen molar-refractivity contribution in [2.24, 2.45) is 5.73 Å². The van der Waals surface area contributed by atoms with Crippen molar-refractivity contribution in [3.63, 3.8) is 0 Å². The number of hydrogen-bond acceptors (Lipinski definition) is 4. The van der Waals surface area contributed by atoms with Crippen LogP contribution in [0.3, 0.4) is 0 Å². The van der Waals surface area contributed by atoms with Crippen LogP contribution in [0.5, 0.6) is 0 Å². The summed E-state index contributed by atoms with van der Waals surface area (Å²) in [6, 6.07) is 5.49. The largest absolute Gasteiger partial charge is 0.366 e. The van der Waals surface area contributed by atoms with Crippen LogP contribution in [-0.4, -0.2) is 33.5 Å². The second kappa shape index (κ2) is 6.33. The summed E-state index contributed by atoms with van der Waals surface area (Å²) in [7, 11) is -3.53. The molecule has 0 aliphatic carbocycles. The minimum Gasteiger partial charge on any atom is -0.366 e. The number of hydrogen-bond donors (Lipinski definition) is 3. The summed E-state index contributed by atoms with van der Waals surface area (Å²) in [6.45, 7) is 1.45. The van der Waals surface area contributed by atoms with Gasteiger partial charge in [-0.25, -0.2) is 13.1 Å². The Morgan fingerprint density at radius 2 is 1.95 bits per heavy atom. The number of benzene rings is 1. The van der Waals surface area contributed by atoms with Gasteiger partial charge in [-0.2, -0.15) is 0 Å². The highest BCUT2D eigenvalue weighted by atomic mass is 35.5. The molecule has 1 aliphatic rings. The van der Waals surface area contributed by atoms with E-state index in [-0.39, 0.29) is 28.9 Å². The molecule has 1 unspecified atom stereocenters. The van der Waals surface area contributed by atoms with E-state index in [9.17, 15) is 13.2 Å². The molecule has 19 heavy (non-hydrogen) atoms. The molecule has 4 N–H and O–H groups in total. The number of carbonyl (C=O) groups is 1. The lowest BCUT2D eigenvalue weighted by atomic mass is 10.2. The van der Waals surface area contributed by atoms with Gasteiger partial charge in [0, 0.05) is 18.2 Å². The normalized spacial score (nSPS) is 18.8. The number of sulfonamides is 1. The van der Waals surface area contributed by atoms with Crippen LogP contribution < -0.4 is 15.8 Å². The van der Waals surface area contributed by atoms with Crippen LogP contribution >= 0.6 is 12.4 Å². The second-order valence-corrected chi connectivity index (χ2v) is 5.91. The smallest absolute Gasteiger partial charge is 0.248 e. The maximum Gasteiger partial charge on any atom is 0.248 e. The van der Waals surface area contributed by atoms with E-state index in [1.54, 1.807) is 0 Å².